The summed E-state index contributed by atoms with van der Waals surface area (Å²) in [6.45, 7) is 7.57. The van der Waals surface area contributed by atoms with Gasteiger partial charge in [0.2, 0.25) is 0 Å². The van der Waals surface area contributed by atoms with Crippen LogP contribution < -0.4 is 10.6 Å². The molecule has 0 aliphatic carbocycles. The van der Waals surface area contributed by atoms with Crippen molar-refractivity contribution < 1.29 is 9.90 Å². The van der Waals surface area contributed by atoms with E-state index < -0.39 is 0 Å². The molecule has 0 unspecified atom stereocenters. The van der Waals surface area contributed by atoms with E-state index in [1.807, 2.05) is 26.0 Å². The summed E-state index contributed by atoms with van der Waals surface area (Å²) in [5.74, 6) is 1.60. The van der Waals surface area contributed by atoms with Crippen LogP contribution in [0.3, 0.4) is 0 Å². The fourth-order valence-electron chi connectivity index (χ4n) is 2.58. The molecule has 1 amide bonds. The standard InChI is InChI=1S/C17H25N5O2/c1-4-9-22-13(3)20-21-16(22)11-19-15-7-5-6-14(12(15)2)17(24)18-8-10-23/h5-7,19,23H,4,8-11H2,1-3H3,(H,18,24). The van der Waals surface area contributed by atoms with E-state index in [-0.39, 0.29) is 19.1 Å². The maximum atomic E-state index is 12.1. The van der Waals surface area contributed by atoms with Crippen molar-refractivity contribution >= 4 is 11.6 Å². The Morgan fingerprint density at radius 1 is 1.29 bits per heavy atom. The molecule has 1 aromatic heterocycles. The summed E-state index contributed by atoms with van der Waals surface area (Å²) in [6.07, 6.45) is 1.02. The first-order valence-electron chi connectivity index (χ1n) is 8.19. The zero-order valence-corrected chi connectivity index (χ0v) is 14.5. The van der Waals surface area contributed by atoms with E-state index in [0.717, 1.165) is 35.9 Å². The van der Waals surface area contributed by atoms with Gasteiger partial charge in [-0.15, -0.1) is 10.2 Å². The predicted octanol–water partition coefficient (Wildman–Crippen LogP) is 1.64. The van der Waals surface area contributed by atoms with E-state index in [1.54, 1.807) is 6.07 Å². The number of aromatic nitrogens is 3. The molecule has 0 aliphatic heterocycles. The van der Waals surface area contributed by atoms with Crippen molar-refractivity contribution in [3.05, 3.63) is 41.0 Å². The van der Waals surface area contributed by atoms with Gasteiger partial charge in [-0.2, -0.15) is 0 Å². The Bertz CT molecular complexity index is 696. The molecular weight excluding hydrogens is 306 g/mol. The average Bonchev–Trinajstić information content (AvgIpc) is 2.92. The summed E-state index contributed by atoms with van der Waals surface area (Å²) in [6, 6.07) is 5.55. The first-order valence-corrected chi connectivity index (χ1v) is 8.19. The Labute approximate surface area is 142 Å². The molecule has 7 heteroatoms. The van der Waals surface area contributed by atoms with E-state index in [0.29, 0.717) is 12.1 Å². The molecule has 2 rings (SSSR count). The summed E-state index contributed by atoms with van der Waals surface area (Å²) in [5, 5.41) is 23.2. The van der Waals surface area contributed by atoms with Crippen molar-refractivity contribution in [2.75, 3.05) is 18.5 Å². The van der Waals surface area contributed by atoms with Gasteiger partial charge in [0.1, 0.15) is 5.82 Å². The lowest BCUT2D eigenvalue weighted by molar-refractivity contribution is 0.0944. The number of aliphatic hydroxyl groups is 1. The Morgan fingerprint density at radius 2 is 2.08 bits per heavy atom. The van der Waals surface area contributed by atoms with Crippen LogP contribution in [0.5, 0.6) is 0 Å². The molecule has 130 valence electrons. The number of hydrogen-bond acceptors (Lipinski definition) is 5. The minimum Gasteiger partial charge on any atom is -0.395 e. The van der Waals surface area contributed by atoms with Crippen LogP contribution in [0, 0.1) is 13.8 Å². The highest BCUT2D eigenvalue weighted by atomic mass is 16.3. The second kappa shape index (κ2) is 8.44. The number of rotatable bonds is 8. The molecule has 24 heavy (non-hydrogen) atoms. The molecule has 0 spiro atoms. The van der Waals surface area contributed by atoms with E-state index in [2.05, 4.69) is 32.3 Å². The van der Waals surface area contributed by atoms with E-state index in [9.17, 15) is 4.79 Å². The van der Waals surface area contributed by atoms with E-state index in [1.165, 1.54) is 0 Å². The summed E-state index contributed by atoms with van der Waals surface area (Å²) < 4.78 is 2.10. The molecule has 0 radical (unpaired) electrons. The van der Waals surface area contributed by atoms with Crippen LogP contribution in [0.1, 0.15) is 40.9 Å². The van der Waals surface area contributed by atoms with Crippen LogP contribution >= 0.6 is 0 Å². The molecule has 0 saturated heterocycles. The number of nitrogens with zero attached hydrogens (tertiary/aromatic N) is 3. The molecule has 0 atom stereocenters. The molecule has 3 N–H and O–H groups in total. The monoisotopic (exact) mass is 331 g/mol. The molecule has 1 heterocycles. The molecule has 0 bridgehead atoms. The van der Waals surface area contributed by atoms with Crippen molar-refractivity contribution in [2.24, 2.45) is 0 Å². The lowest BCUT2D eigenvalue weighted by Gasteiger charge is -2.14. The lowest BCUT2D eigenvalue weighted by atomic mass is 10.1. The summed E-state index contributed by atoms with van der Waals surface area (Å²) >= 11 is 0. The van der Waals surface area contributed by atoms with Crippen molar-refractivity contribution in [1.82, 2.24) is 20.1 Å². The summed E-state index contributed by atoms with van der Waals surface area (Å²) in [7, 11) is 0. The van der Waals surface area contributed by atoms with Crippen molar-refractivity contribution in [1.29, 1.82) is 0 Å². The summed E-state index contributed by atoms with van der Waals surface area (Å²) in [5.41, 5.74) is 2.35. The van der Waals surface area contributed by atoms with Crippen LogP contribution in [0.4, 0.5) is 5.69 Å². The zero-order chi connectivity index (χ0) is 17.5. The van der Waals surface area contributed by atoms with Crippen LogP contribution in [-0.4, -0.2) is 38.9 Å². The van der Waals surface area contributed by atoms with Crippen LogP contribution in [0.25, 0.3) is 0 Å². The van der Waals surface area contributed by atoms with Crippen LogP contribution in [0.15, 0.2) is 18.2 Å². The Hall–Kier alpha value is -2.41. The normalized spacial score (nSPS) is 10.7. The number of nitrogens with one attached hydrogen (secondary N) is 2. The largest absolute Gasteiger partial charge is 0.395 e. The van der Waals surface area contributed by atoms with Gasteiger partial charge in [0.05, 0.1) is 13.2 Å². The third-order valence-corrected chi connectivity index (χ3v) is 3.87. The highest BCUT2D eigenvalue weighted by Gasteiger charge is 2.12. The number of benzene rings is 1. The average molecular weight is 331 g/mol. The molecule has 0 aliphatic rings. The highest BCUT2D eigenvalue weighted by molar-refractivity contribution is 5.97. The highest BCUT2D eigenvalue weighted by Crippen LogP contribution is 2.19. The number of aryl methyl sites for hydroxylation is 1. The first-order chi connectivity index (χ1) is 11.6. The smallest absolute Gasteiger partial charge is 0.251 e. The Morgan fingerprint density at radius 3 is 2.79 bits per heavy atom. The van der Waals surface area contributed by atoms with Gasteiger partial charge in [-0.05, 0) is 38.0 Å². The van der Waals surface area contributed by atoms with Crippen molar-refractivity contribution in [3.8, 4) is 0 Å². The van der Waals surface area contributed by atoms with Gasteiger partial charge in [-0.3, -0.25) is 4.79 Å². The zero-order valence-electron chi connectivity index (χ0n) is 14.5. The number of hydrogen-bond donors (Lipinski definition) is 3. The van der Waals surface area contributed by atoms with Gasteiger partial charge in [-0.25, -0.2) is 0 Å². The van der Waals surface area contributed by atoms with Crippen molar-refractivity contribution in [2.45, 2.75) is 40.3 Å². The quantitative estimate of drug-likeness (QED) is 0.684. The maximum Gasteiger partial charge on any atom is 0.251 e. The summed E-state index contributed by atoms with van der Waals surface area (Å²) in [4.78, 5) is 12.1. The fourth-order valence-corrected chi connectivity index (χ4v) is 2.58. The van der Waals surface area contributed by atoms with E-state index in [4.69, 9.17) is 5.11 Å². The molecule has 2 aromatic rings. The fraction of sp³-hybridized carbons (Fsp3) is 0.471. The van der Waals surface area contributed by atoms with Crippen LogP contribution in [0.2, 0.25) is 0 Å². The van der Waals surface area contributed by atoms with Crippen molar-refractivity contribution in [3.63, 3.8) is 0 Å². The minimum absolute atomic E-state index is 0.0742. The number of anilines is 1. The van der Waals surface area contributed by atoms with E-state index >= 15 is 0 Å². The van der Waals surface area contributed by atoms with Gasteiger partial charge < -0.3 is 20.3 Å². The Kier molecular flexibility index (Phi) is 6.31. The second-order valence-corrected chi connectivity index (χ2v) is 5.63. The molecule has 7 nitrogen and oxygen atoms in total. The number of aliphatic hydroxyl groups excluding tert-OH is 1. The molecule has 0 saturated carbocycles. The topological polar surface area (TPSA) is 92.1 Å². The molecule has 1 aromatic carbocycles. The number of carbonyl (C=O) groups is 1. The molecule has 0 fully saturated rings. The lowest BCUT2D eigenvalue weighted by Crippen LogP contribution is -2.27. The van der Waals surface area contributed by atoms with Gasteiger partial charge in [0.15, 0.2) is 5.82 Å². The number of amides is 1. The van der Waals surface area contributed by atoms with Gasteiger partial charge >= 0.3 is 0 Å². The first kappa shape index (κ1) is 17.9. The third-order valence-electron chi connectivity index (χ3n) is 3.87. The van der Waals surface area contributed by atoms with Gasteiger partial charge in [0.25, 0.3) is 5.91 Å². The third kappa shape index (κ3) is 4.11. The predicted molar refractivity (Wildman–Crippen MR) is 93.0 cm³/mol. The molecular formula is C17H25N5O2. The minimum atomic E-state index is -0.185. The van der Waals surface area contributed by atoms with Crippen LogP contribution in [-0.2, 0) is 13.1 Å². The van der Waals surface area contributed by atoms with Gasteiger partial charge in [-0.1, -0.05) is 13.0 Å². The Balaban J connectivity index is 2.12. The maximum absolute atomic E-state index is 12.1. The SMILES string of the molecule is CCCn1c(C)nnc1CNc1cccc(C(=O)NCCO)c1C. The number of carbonyl (C=O) groups excluding carboxylic acids is 1. The second-order valence-electron chi connectivity index (χ2n) is 5.63. The van der Waals surface area contributed by atoms with Gasteiger partial charge in [0, 0.05) is 24.3 Å².